The highest BCUT2D eigenvalue weighted by Crippen LogP contribution is 2.58. The zero-order chi connectivity index (χ0) is 15.6. The van der Waals surface area contributed by atoms with Crippen molar-refractivity contribution in [1.82, 2.24) is 0 Å². The second-order valence-corrected chi connectivity index (χ2v) is 7.29. The van der Waals surface area contributed by atoms with E-state index < -0.39 is 0 Å². The van der Waals surface area contributed by atoms with Crippen molar-refractivity contribution in [3.8, 4) is 0 Å². The third kappa shape index (κ3) is 1.87. The number of ether oxygens (including phenoxy) is 3. The number of fused-ring (bicyclic) bond motifs is 4. The van der Waals surface area contributed by atoms with E-state index in [9.17, 15) is 9.59 Å². The van der Waals surface area contributed by atoms with Crippen LogP contribution < -0.4 is 0 Å². The Morgan fingerprint density at radius 3 is 2.82 bits per heavy atom. The predicted octanol–water partition coefficient (Wildman–Crippen LogP) is 1.85. The van der Waals surface area contributed by atoms with E-state index in [2.05, 4.69) is 13.0 Å². The molecule has 3 fully saturated rings. The Morgan fingerprint density at radius 1 is 1.45 bits per heavy atom. The molecule has 0 amide bonds. The van der Waals surface area contributed by atoms with Crippen LogP contribution in [-0.4, -0.2) is 36.4 Å². The van der Waals surface area contributed by atoms with E-state index in [-0.39, 0.29) is 47.5 Å². The Bertz CT molecular complexity index is 561. The van der Waals surface area contributed by atoms with Crippen molar-refractivity contribution in [1.29, 1.82) is 0 Å². The van der Waals surface area contributed by atoms with Gasteiger partial charge in [0.1, 0.15) is 12.2 Å². The van der Waals surface area contributed by atoms with Crippen LogP contribution >= 0.6 is 0 Å². The minimum atomic E-state index is -0.301. The molecular weight excluding hydrogens is 284 g/mol. The van der Waals surface area contributed by atoms with Crippen molar-refractivity contribution in [2.75, 3.05) is 6.61 Å². The molecule has 0 radical (unpaired) electrons. The number of hydrogen-bond acceptors (Lipinski definition) is 5. The van der Waals surface area contributed by atoms with Gasteiger partial charge in [0.05, 0.1) is 18.1 Å². The fourth-order valence-electron chi connectivity index (χ4n) is 4.94. The summed E-state index contributed by atoms with van der Waals surface area (Å²) in [5, 5.41) is 0. The molecule has 4 aliphatic rings. The van der Waals surface area contributed by atoms with Gasteiger partial charge in [-0.1, -0.05) is 18.6 Å². The Kier molecular flexibility index (Phi) is 2.96. The molecule has 1 spiro atoms. The molecule has 1 saturated carbocycles. The summed E-state index contributed by atoms with van der Waals surface area (Å²) in [4.78, 5) is 23.7. The molecule has 0 aromatic rings. The molecule has 2 aliphatic carbocycles. The average Bonchev–Trinajstić information content (AvgIpc) is 3.04. The summed E-state index contributed by atoms with van der Waals surface area (Å²) in [6, 6.07) is 0. The van der Waals surface area contributed by atoms with Crippen molar-refractivity contribution in [3.05, 3.63) is 11.6 Å². The maximum absolute atomic E-state index is 12.1. The van der Waals surface area contributed by atoms with Gasteiger partial charge in [-0.25, -0.2) is 0 Å². The number of esters is 2. The number of hydrogen-bond donors (Lipinski definition) is 0. The highest BCUT2D eigenvalue weighted by molar-refractivity contribution is 5.75. The largest absolute Gasteiger partial charge is 0.462 e. The Labute approximate surface area is 130 Å². The highest BCUT2D eigenvalue weighted by atomic mass is 16.6. The van der Waals surface area contributed by atoms with Crippen LogP contribution in [0, 0.1) is 23.7 Å². The maximum Gasteiger partial charge on any atom is 0.309 e. The van der Waals surface area contributed by atoms with Crippen LogP contribution in [-0.2, 0) is 23.8 Å². The average molecular weight is 306 g/mol. The normalized spacial score (nSPS) is 49.0. The molecule has 0 N–H and O–H groups in total. The third-order valence-corrected chi connectivity index (χ3v) is 6.07. The molecule has 0 aromatic carbocycles. The first kappa shape index (κ1) is 14.2. The van der Waals surface area contributed by atoms with Crippen LogP contribution in [0.5, 0.6) is 0 Å². The first-order valence-electron chi connectivity index (χ1n) is 8.11. The zero-order valence-electron chi connectivity index (χ0n) is 13.2. The van der Waals surface area contributed by atoms with Crippen LogP contribution in [0.2, 0.25) is 0 Å². The van der Waals surface area contributed by atoms with Gasteiger partial charge in [-0.3, -0.25) is 9.59 Å². The first-order chi connectivity index (χ1) is 10.4. The third-order valence-electron chi connectivity index (χ3n) is 6.07. The van der Waals surface area contributed by atoms with E-state index in [1.807, 2.05) is 6.92 Å². The number of epoxide rings is 1. The van der Waals surface area contributed by atoms with Crippen molar-refractivity contribution in [3.63, 3.8) is 0 Å². The lowest BCUT2D eigenvalue weighted by atomic mass is 9.77. The first-order valence-corrected chi connectivity index (χ1v) is 8.11. The Hall–Kier alpha value is -1.36. The highest BCUT2D eigenvalue weighted by Gasteiger charge is 2.65. The van der Waals surface area contributed by atoms with E-state index in [4.69, 9.17) is 14.2 Å². The molecule has 4 rings (SSSR count). The molecule has 0 bridgehead atoms. The summed E-state index contributed by atoms with van der Waals surface area (Å²) in [7, 11) is 0. The Morgan fingerprint density at radius 2 is 2.18 bits per heavy atom. The van der Waals surface area contributed by atoms with Gasteiger partial charge >= 0.3 is 11.9 Å². The van der Waals surface area contributed by atoms with E-state index in [1.54, 1.807) is 0 Å². The predicted molar refractivity (Wildman–Crippen MR) is 76.7 cm³/mol. The lowest BCUT2D eigenvalue weighted by molar-refractivity contribution is -0.151. The van der Waals surface area contributed by atoms with E-state index in [0.29, 0.717) is 12.3 Å². The summed E-state index contributed by atoms with van der Waals surface area (Å²) >= 11 is 0. The fraction of sp³-hybridized carbons (Fsp3) is 0.765. The lowest BCUT2D eigenvalue weighted by Gasteiger charge is -2.29. The molecule has 2 heterocycles. The van der Waals surface area contributed by atoms with Crippen LogP contribution in [0.25, 0.3) is 0 Å². The molecule has 7 unspecified atom stereocenters. The number of rotatable bonds is 1. The second kappa shape index (κ2) is 4.57. The summed E-state index contributed by atoms with van der Waals surface area (Å²) in [5.74, 6) is -0.254. The Balaban J connectivity index is 1.75. The maximum atomic E-state index is 12.1. The molecular formula is C17H22O5. The summed E-state index contributed by atoms with van der Waals surface area (Å²) in [6.45, 7) is 6.14. The number of allylic oxidation sites excluding steroid dienone is 1. The molecule has 7 atom stereocenters. The summed E-state index contributed by atoms with van der Waals surface area (Å²) < 4.78 is 17.2. The molecule has 2 saturated heterocycles. The molecule has 22 heavy (non-hydrogen) atoms. The van der Waals surface area contributed by atoms with Crippen LogP contribution in [0.1, 0.15) is 33.6 Å². The quantitative estimate of drug-likeness (QED) is 0.420. The van der Waals surface area contributed by atoms with Crippen molar-refractivity contribution in [2.45, 2.75) is 51.4 Å². The minimum Gasteiger partial charge on any atom is -0.462 e. The van der Waals surface area contributed by atoms with Crippen molar-refractivity contribution in [2.24, 2.45) is 23.7 Å². The zero-order valence-corrected chi connectivity index (χ0v) is 13.2. The topological polar surface area (TPSA) is 65.1 Å². The van der Waals surface area contributed by atoms with Gasteiger partial charge in [0.25, 0.3) is 0 Å². The monoisotopic (exact) mass is 306 g/mol. The van der Waals surface area contributed by atoms with Gasteiger partial charge in [-0.2, -0.15) is 0 Å². The van der Waals surface area contributed by atoms with Crippen molar-refractivity contribution < 1.29 is 23.8 Å². The molecule has 120 valence electrons. The molecule has 2 aliphatic heterocycles. The van der Waals surface area contributed by atoms with Gasteiger partial charge in [-0.05, 0) is 13.3 Å². The molecule has 0 aromatic heterocycles. The summed E-state index contributed by atoms with van der Waals surface area (Å²) in [6.07, 6.45) is 3.39. The molecule has 5 nitrogen and oxygen atoms in total. The number of carbonyl (C=O) groups is 2. The summed E-state index contributed by atoms with van der Waals surface area (Å²) in [5.41, 5.74) is 1.08. The van der Waals surface area contributed by atoms with E-state index in [1.165, 1.54) is 12.5 Å². The van der Waals surface area contributed by atoms with Gasteiger partial charge in [-0.15, -0.1) is 0 Å². The van der Waals surface area contributed by atoms with E-state index >= 15 is 0 Å². The van der Waals surface area contributed by atoms with Gasteiger partial charge in [0, 0.05) is 31.1 Å². The molecule has 5 heteroatoms. The van der Waals surface area contributed by atoms with Crippen LogP contribution in [0.3, 0.4) is 0 Å². The smallest absolute Gasteiger partial charge is 0.309 e. The lowest BCUT2D eigenvalue weighted by Crippen LogP contribution is -2.37. The SMILES string of the molecule is CC(=O)OC1CC2(CO2)C2CC=C(C)C2C2OC(=O)C(C)C12. The second-order valence-electron chi connectivity index (χ2n) is 7.29. The van der Waals surface area contributed by atoms with Crippen LogP contribution in [0.4, 0.5) is 0 Å². The minimum absolute atomic E-state index is 0.0751. The van der Waals surface area contributed by atoms with Gasteiger partial charge in [0.15, 0.2) is 0 Å². The van der Waals surface area contributed by atoms with Gasteiger partial charge < -0.3 is 14.2 Å². The van der Waals surface area contributed by atoms with E-state index in [0.717, 1.165) is 13.0 Å². The standard InChI is InChI=1S/C17H22O5/c1-8-4-5-11-13(8)15-14(9(2)16(19)22-15)12(21-10(3)18)6-17(11)7-20-17/h4,9,11-15H,5-7H2,1-3H3. The van der Waals surface area contributed by atoms with Crippen molar-refractivity contribution >= 4 is 11.9 Å². The number of carbonyl (C=O) groups excluding carboxylic acids is 2. The van der Waals surface area contributed by atoms with Crippen LogP contribution in [0.15, 0.2) is 11.6 Å². The fourth-order valence-corrected chi connectivity index (χ4v) is 4.94. The van der Waals surface area contributed by atoms with Gasteiger partial charge in [0.2, 0.25) is 0 Å².